The molecule has 1 amide bonds. The molecule has 0 spiro atoms. The maximum absolute atomic E-state index is 12.3. The molecule has 1 N–H and O–H groups in total. The first kappa shape index (κ1) is 19.7. The number of ether oxygens (including phenoxy) is 2. The number of hydrogen-bond donors (Lipinski definition) is 1. The van der Waals surface area contributed by atoms with Crippen molar-refractivity contribution in [3.8, 4) is 28.5 Å². The van der Waals surface area contributed by atoms with Crippen molar-refractivity contribution in [1.29, 1.82) is 0 Å². The molecule has 0 radical (unpaired) electrons. The number of aromatic nitrogens is 1. The largest absolute Gasteiger partial charge is 0.497 e. The van der Waals surface area contributed by atoms with Crippen molar-refractivity contribution < 1.29 is 14.3 Å². The highest BCUT2D eigenvalue weighted by Crippen LogP contribution is 2.28. The van der Waals surface area contributed by atoms with Gasteiger partial charge in [-0.15, -0.1) is 11.3 Å². The molecule has 0 atom stereocenters. The Morgan fingerprint density at radius 1 is 0.900 bits per heavy atom. The Morgan fingerprint density at radius 3 is 2.27 bits per heavy atom. The normalized spacial score (nSPS) is 10.4. The van der Waals surface area contributed by atoms with Crippen molar-refractivity contribution in [2.45, 2.75) is 6.42 Å². The third kappa shape index (κ3) is 5.04. The van der Waals surface area contributed by atoms with Crippen molar-refractivity contribution >= 4 is 22.4 Å². The summed E-state index contributed by atoms with van der Waals surface area (Å²) in [5.41, 5.74) is 2.69. The fraction of sp³-hybridized carbons (Fsp3) is 0.0833. The van der Waals surface area contributed by atoms with Gasteiger partial charge in [-0.3, -0.25) is 4.79 Å². The van der Waals surface area contributed by atoms with Crippen LogP contribution in [0, 0.1) is 0 Å². The van der Waals surface area contributed by atoms with Gasteiger partial charge in [-0.2, -0.15) is 0 Å². The summed E-state index contributed by atoms with van der Waals surface area (Å²) in [7, 11) is 1.62. The lowest BCUT2D eigenvalue weighted by atomic mass is 10.1. The number of hydrogen-bond acceptors (Lipinski definition) is 5. The lowest BCUT2D eigenvalue weighted by Gasteiger charge is -2.06. The van der Waals surface area contributed by atoms with Crippen LogP contribution in [0.4, 0.5) is 5.13 Å². The molecule has 1 heterocycles. The van der Waals surface area contributed by atoms with Crippen LogP contribution in [0.2, 0.25) is 0 Å². The predicted molar refractivity (Wildman–Crippen MR) is 119 cm³/mol. The molecule has 0 saturated heterocycles. The molecule has 6 heteroatoms. The van der Waals surface area contributed by atoms with Crippen molar-refractivity contribution in [2.24, 2.45) is 0 Å². The van der Waals surface area contributed by atoms with Gasteiger partial charge < -0.3 is 14.8 Å². The highest BCUT2D eigenvalue weighted by molar-refractivity contribution is 7.14. The Bertz CT molecular complexity index is 1110. The Labute approximate surface area is 178 Å². The summed E-state index contributed by atoms with van der Waals surface area (Å²) in [6, 6.07) is 24.8. The van der Waals surface area contributed by atoms with E-state index in [1.54, 1.807) is 7.11 Å². The van der Waals surface area contributed by atoms with Gasteiger partial charge in [0.2, 0.25) is 5.91 Å². The molecule has 0 aliphatic rings. The number of amides is 1. The maximum Gasteiger partial charge on any atom is 0.230 e. The van der Waals surface area contributed by atoms with Gasteiger partial charge in [0.15, 0.2) is 5.13 Å². The Hall–Kier alpha value is -3.64. The molecule has 0 fully saturated rings. The van der Waals surface area contributed by atoms with Gasteiger partial charge in [-0.05, 0) is 54.1 Å². The summed E-state index contributed by atoms with van der Waals surface area (Å²) >= 11 is 1.40. The van der Waals surface area contributed by atoms with E-state index in [1.165, 1.54) is 11.3 Å². The Kier molecular flexibility index (Phi) is 6.06. The van der Waals surface area contributed by atoms with Crippen LogP contribution in [0.5, 0.6) is 17.2 Å². The Balaban J connectivity index is 1.36. The van der Waals surface area contributed by atoms with Gasteiger partial charge in [-0.25, -0.2) is 4.98 Å². The minimum atomic E-state index is -0.104. The van der Waals surface area contributed by atoms with E-state index in [-0.39, 0.29) is 12.3 Å². The van der Waals surface area contributed by atoms with Crippen molar-refractivity contribution in [3.63, 3.8) is 0 Å². The van der Waals surface area contributed by atoms with Crippen LogP contribution in [0.25, 0.3) is 11.3 Å². The van der Waals surface area contributed by atoms with E-state index in [9.17, 15) is 4.79 Å². The molecular weight excluding hydrogens is 396 g/mol. The van der Waals surface area contributed by atoms with Gasteiger partial charge in [0.25, 0.3) is 0 Å². The summed E-state index contributed by atoms with van der Waals surface area (Å²) in [4.78, 5) is 16.8. The van der Waals surface area contributed by atoms with Crippen LogP contribution in [0.3, 0.4) is 0 Å². The number of carbonyl (C=O) groups excluding carboxylic acids is 1. The van der Waals surface area contributed by atoms with Crippen LogP contribution in [0.15, 0.2) is 84.2 Å². The second-order valence-corrected chi connectivity index (χ2v) is 7.41. The summed E-state index contributed by atoms with van der Waals surface area (Å²) in [5.74, 6) is 2.21. The van der Waals surface area contributed by atoms with E-state index >= 15 is 0 Å². The average molecular weight is 417 g/mol. The van der Waals surface area contributed by atoms with Crippen molar-refractivity contribution in [2.75, 3.05) is 12.4 Å². The predicted octanol–water partition coefficient (Wildman–Crippen LogP) is 5.79. The molecule has 4 rings (SSSR count). The smallest absolute Gasteiger partial charge is 0.230 e. The number of anilines is 1. The monoisotopic (exact) mass is 416 g/mol. The molecule has 150 valence electrons. The molecular formula is C24H20N2O3S. The van der Waals surface area contributed by atoms with E-state index < -0.39 is 0 Å². The first-order chi connectivity index (χ1) is 14.7. The van der Waals surface area contributed by atoms with E-state index in [0.717, 1.165) is 34.1 Å². The molecule has 4 aromatic rings. The van der Waals surface area contributed by atoms with Gasteiger partial charge in [0.1, 0.15) is 17.2 Å². The zero-order chi connectivity index (χ0) is 20.8. The molecule has 0 aliphatic heterocycles. The van der Waals surface area contributed by atoms with Crippen LogP contribution in [-0.4, -0.2) is 18.0 Å². The number of thiazole rings is 1. The second-order valence-electron chi connectivity index (χ2n) is 6.55. The topological polar surface area (TPSA) is 60.5 Å². The maximum atomic E-state index is 12.3. The van der Waals surface area contributed by atoms with Crippen LogP contribution in [-0.2, 0) is 11.2 Å². The third-order valence-corrected chi connectivity index (χ3v) is 5.16. The quantitative estimate of drug-likeness (QED) is 0.414. The molecule has 0 saturated carbocycles. The molecule has 0 unspecified atom stereocenters. The van der Waals surface area contributed by atoms with Gasteiger partial charge in [0.05, 0.1) is 19.2 Å². The standard InChI is InChI=1S/C24H20N2O3S/c1-28-19-11-7-17(8-12-19)15-23(27)26-24-25-22(16-30-24)18-9-13-21(14-10-18)29-20-5-3-2-4-6-20/h2-14,16H,15H2,1H3,(H,25,26,27). The third-order valence-electron chi connectivity index (χ3n) is 4.40. The van der Waals surface area contributed by atoms with Crippen molar-refractivity contribution in [1.82, 2.24) is 4.98 Å². The summed E-state index contributed by atoms with van der Waals surface area (Å²) in [5, 5.41) is 5.37. The highest BCUT2D eigenvalue weighted by Gasteiger charge is 2.09. The zero-order valence-corrected chi connectivity index (χ0v) is 17.2. The number of para-hydroxylation sites is 1. The lowest BCUT2D eigenvalue weighted by Crippen LogP contribution is -2.14. The SMILES string of the molecule is COc1ccc(CC(=O)Nc2nc(-c3ccc(Oc4ccccc4)cc3)cs2)cc1. The van der Waals surface area contributed by atoms with Crippen molar-refractivity contribution in [3.05, 3.63) is 89.8 Å². The number of rotatable bonds is 7. The van der Waals surface area contributed by atoms with Gasteiger partial charge in [0, 0.05) is 10.9 Å². The summed E-state index contributed by atoms with van der Waals surface area (Å²) in [6.45, 7) is 0. The second kappa shape index (κ2) is 9.24. The lowest BCUT2D eigenvalue weighted by molar-refractivity contribution is -0.115. The van der Waals surface area contributed by atoms with E-state index in [4.69, 9.17) is 9.47 Å². The summed E-state index contributed by atoms with van der Waals surface area (Å²) in [6.07, 6.45) is 0.282. The fourth-order valence-corrected chi connectivity index (χ4v) is 3.61. The van der Waals surface area contributed by atoms with Crippen LogP contribution in [0.1, 0.15) is 5.56 Å². The zero-order valence-electron chi connectivity index (χ0n) is 16.4. The van der Waals surface area contributed by atoms with E-state index in [1.807, 2.05) is 84.2 Å². The molecule has 3 aromatic carbocycles. The van der Waals surface area contributed by atoms with E-state index in [0.29, 0.717) is 5.13 Å². The van der Waals surface area contributed by atoms with E-state index in [2.05, 4.69) is 10.3 Å². The molecule has 5 nitrogen and oxygen atoms in total. The number of nitrogens with zero attached hydrogens (tertiary/aromatic N) is 1. The number of methoxy groups -OCH3 is 1. The minimum absolute atomic E-state index is 0.104. The molecule has 0 bridgehead atoms. The molecule has 30 heavy (non-hydrogen) atoms. The summed E-state index contributed by atoms with van der Waals surface area (Å²) < 4.78 is 11.0. The minimum Gasteiger partial charge on any atom is -0.497 e. The van der Waals surface area contributed by atoms with Gasteiger partial charge in [-0.1, -0.05) is 30.3 Å². The number of nitrogens with one attached hydrogen (secondary N) is 1. The van der Waals surface area contributed by atoms with Crippen LogP contribution < -0.4 is 14.8 Å². The molecule has 0 aliphatic carbocycles. The van der Waals surface area contributed by atoms with Gasteiger partial charge >= 0.3 is 0 Å². The highest BCUT2D eigenvalue weighted by atomic mass is 32.1. The first-order valence-electron chi connectivity index (χ1n) is 9.41. The Morgan fingerprint density at radius 2 is 1.57 bits per heavy atom. The first-order valence-corrected chi connectivity index (χ1v) is 10.3. The molecule has 1 aromatic heterocycles. The number of benzene rings is 3. The van der Waals surface area contributed by atoms with Crippen LogP contribution >= 0.6 is 11.3 Å². The number of carbonyl (C=O) groups is 1. The fourth-order valence-electron chi connectivity index (χ4n) is 2.87. The average Bonchev–Trinajstić information content (AvgIpc) is 3.24.